The first-order chi connectivity index (χ1) is 12.3. The summed E-state index contributed by atoms with van der Waals surface area (Å²) in [6, 6.07) is 17.9. The van der Waals surface area contributed by atoms with Gasteiger partial charge in [-0.05, 0) is 42.8 Å². The number of rotatable bonds is 11. The molecule has 0 aromatic heterocycles. The lowest BCUT2D eigenvalue weighted by atomic mass is 10.2. The minimum absolute atomic E-state index is 0.107. The van der Waals surface area contributed by atoms with Gasteiger partial charge < -0.3 is 14.8 Å². The Bertz CT molecular complexity index is 611. The van der Waals surface area contributed by atoms with Crippen molar-refractivity contribution in [2.24, 2.45) is 0 Å². The molecular weight excluding hydrogens is 314 g/mol. The van der Waals surface area contributed by atoms with Crippen LogP contribution in [0.3, 0.4) is 0 Å². The molecule has 0 amide bonds. The second kappa shape index (κ2) is 11.1. The summed E-state index contributed by atoms with van der Waals surface area (Å²) >= 11 is 0. The first-order valence-electron chi connectivity index (χ1n) is 8.98. The van der Waals surface area contributed by atoms with Gasteiger partial charge in [-0.2, -0.15) is 0 Å². The number of hydrogen-bond acceptors (Lipinski definition) is 4. The van der Waals surface area contributed by atoms with E-state index in [9.17, 15) is 4.79 Å². The van der Waals surface area contributed by atoms with Crippen molar-refractivity contribution in [3.05, 3.63) is 54.6 Å². The average Bonchev–Trinajstić information content (AvgIpc) is 2.64. The molecule has 2 rings (SSSR count). The van der Waals surface area contributed by atoms with Crippen LogP contribution >= 0.6 is 0 Å². The number of esters is 1. The maximum atomic E-state index is 11.5. The molecule has 4 nitrogen and oxygen atoms in total. The van der Waals surface area contributed by atoms with E-state index < -0.39 is 0 Å². The number of nitrogens with one attached hydrogen (secondary N) is 1. The van der Waals surface area contributed by atoms with E-state index >= 15 is 0 Å². The molecule has 0 radical (unpaired) electrons. The lowest BCUT2D eigenvalue weighted by Crippen LogP contribution is -2.08. The van der Waals surface area contributed by atoms with Crippen molar-refractivity contribution in [2.75, 3.05) is 18.5 Å². The van der Waals surface area contributed by atoms with Gasteiger partial charge in [0.1, 0.15) is 5.75 Å². The topological polar surface area (TPSA) is 47.6 Å². The van der Waals surface area contributed by atoms with Crippen molar-refractivity contribution in [1.29, 1.82) is 0 Å². The minimum atomic E-state index is -0.107. The quantitative estimate of drug-likeness (QED) is 0.444. The number of ether oxygens (including phenoxy) is 2. The van der Waals surface area contributed by atoms with E-state index in [1.165, 1.54) is 0 Å². The molecule has 0 aliphatic carbocycles. The molecule has 134 valence electrons. The molecule has 0 aliphatic heterocycles. The van der Waals surface area contributed by atoms with Gasteiger partial charge in [0.2, 0.25) is 0 Å². The summed E-state index contributed by atoms with van der Waals surface area (Å²) in [6.45, 7) is 3.07. The van der Waals surface area contributed by atoms with Crippen molar-refractivity contribution < 1.29 is 14.3 Å². The number of anilines is 2. The number of hydrogen-bond donors (Lipinski definition) is 1. The molecule has 4 heteroatoms. The van der Waals surface area contributed by atoms with E-state index in [4.69, 9.17) is 9.47 Å². The monoisotopic (exact) mass is 341 g/mol. The predicted octanol–water partition coefficient (Wildman–Crippen LogP) is 5.32. The molecule has 0 bridgehead atoms. The van der Waals surface area contributed by atoms with Crippen LogP contribution < -0.4 is 10.1 Å². The zero-order valence-corrected chi connectivity index (χ0v) is 14.9. The molecule has 2 aromatic rings. The lowest BCUT2D eigenvalue weighted by molar-refractivity contribution is -0.144. The van der Waals surface area contributed by atoms with Gasteiger partial charge >= 0.3 is 5.97 Å². The highest BCUT2D eigenvalue weighted by atomic mass is 16.5. The fourth-order valence-electron chi connectivity index (χ4n) is 2.35. The van der Waals surface area contributed by atoms with Crippen LogP contribution in [0.2, 0.25) is 0 Å². The van der Waals surface area contributed by atoms with Gasteiger partial charge in [0.15, 0.2) is 0 Å². The van der Waals surface area contributed by atoms with E-state index in [2.05, 4.69) is 12.2 Å². The average molecular weight is 341 g/mol. The summed E-state index contributed by atoms with van der Waals surface area (Å²) in [4.78, 5) is 11.5. The largest absolute Gasteiger partial charge is 0.493 e. The van der Waals surface area contributed by atoms with E-state index in [1.54, 1.807) is 0 Å². The highest BCUT2D eigenvalue weighted by Gasteiger charge is 2.02. The third-order valence-corrected chi connectivity index (χ3v) is 3.72. The van der Waals surface area contributed by atoms with E-state index in [0.29, 0.717) is 26.1 Å². The maximum Gasteiger partial charge on any atom is 0.305 e. The molecule has 0 atom stereocenters. The normalized spacial score (nSPS) is 10.3. The Hall–Kier alpha value is -2.49. The molecule has 0 aliphatic rings. The number of carbonyl (C=O) groups is 1. The Morgan fingerprint density at radius 1 is 0.880 bits per heavy atom. The predicted molar refractivity (Wildman–Crippen MR) is 101 cm³/mol. The molecule has 0 saturated carbocycles. The fourth-order valence-corrected chi connectivity index (χ4v) is 2.35. The second-order valence-electron chi connectivity index (χ2n) is 5.89. The lowest BCUT2D eigenvalue weighted by Gasteiger charge is -2.09. The highest BCUT2D eigenvalue weighted by Crippen LogP contribution is 2.19. The second-order valence-corrected chi connectivity index (χ2v) is 5.89. The summed E-state index contributed by atoms with van der Waals surface area (Å²) < 4.78 is 10.9. The number of benzene rings is 2. The Labute approximate surface area is 150 Å². The zero-order valence-electron chi connectivity index (χ0n) is 14.9. The van der Waals surface area contributed by atoms with Gasteiger partial charge in [-0.1, -0.05) is 38.0 Å². The molecule has 1 N–H and O–H groups in total. The molecule has 0 spiro atoms. The molecule has 0 fully saturated rings. The standard InChI is InChI=1S/C21H27NO3/c1-2-3-5-11-21(23)25-17-8-16-24-20-14-12-19(13-15-20)22-18-9-6-4-7-10-18/h4,6-7,9-10,12-15,22H,2-3,5,8,11,16-17H2,1H3. The summed E-state index contributed by atoms with van der Waals surface area (Å²) in [5.74, 6) is 0.706. The van der Waals surface area contributed by atoms with E-state index in [1.807, 2.05) is 54.6 Å². The van der Waals surface area contributed by atoms with E-state index in [0.717, 1.165) is 36.4 Å². The Kier molecular flexibility index (Phi) is 8.39. The third kappa shape index (κ3) is 7.75. The first-order valence-corrected chi connectivity index (χ1v) is 8.98. The number of carbonyl (C=O) groups excluding carboxylic acids is 1. The maximum absolute atomic E-state index is 11.5. The Morgan fingerprint density at radius 2 is 1.60 bits per heavy atom. The molecule has 0 saturated heterocycles. The molecule has 25 heavy (non-hydrogen) atoms. The molecule has 2 aromatic carbocycles. The van der Waals surface area contributed by atoms with Crippen LogP contribution in [0.4, 0.5) is 11.4 Å². The Balaban J connectivity index is 1.61. The number of para-hydroxylation sites is 1. The van der Waals surface area contributed by atoms with Crippen LogP contribution in [-0.2, 0) is 9.53 Å². The molecular formula is C21H27NO3. The van der Waals surface area contributed by atoms with Crippen molar-refractivity contribution in [1.82, 2.24) is 0 Å². The van der Waals surface area contributed by atoms with Gasteiger partial charge in [0.25, 0.3) is 0 Å². The van der Waals surface area contributed by atoms with Crippen molar-refractivity contribution in [3.63, 3.8) is 0 Å². The first kappa shape index (κ1) is 18.8. The molecule has 0 heterocycles. The van der Waals surface area contributed by atoms with Crippen LogP contribution in [0.25, 0.3) is 0 Å². The Morgan fingerprint density at radius 3 is 2.32 bits per heavy atom. The van der Waals surface area contributed by atoms with Gasteiger partial charge in [-0.15, -0.1) is 0 Å². The van der Waals surface area contributed by atoms with Crippen LogP contribution in [0.15, 0.2) is 54.6 Å². The van der Waals surface area contributed by atoms with Gasteiger partial charge in [0, 0.05) is 24.2 Å². The van der Waals surface area contributed by atoms with Gasteiger partial charge in [-0.25, -0.2) is 0 Å². The number of unbranched alkanes of at least 4 members (excludes halogenated alkanes) is 2. The SMILES string of the molecule is CCCCCC(=O)OCCCOc1ccc(Nc2ccccc2)cc1. The fraction of sp³-hybridized carbons (Fsp3) is 0.381. The third-order valence-electron chi connectivity index (χ3n) is 3.72. The summed E-state index contributed by atoms with van der Waals surface area (Å²) in [5.41, 5.74) is 2.07. The zero-order chi connectivity index (χ0) is 17.7. The van der Waals surface area contributed by atoms with Crippen LogP contribution in [0.1, 0.15) is 39.0 Å². The summed E-state index contributed by atoms with van der Waals surface area (Å²) in [7, 11) is 0. The smallest absolute Gasteiger partial charge is 0.305 e. The highest BCUT2D eigenvalue weighted by molar-refractivity contribution is 5.69. The minimum Gasteiger partial charge on any atom is -0.493 e. The van der Waals surface area contributed by atoms with Crippen LogP contribution in [-0.4, -0.2) is 19.2 Å². The van der Waals surface area contributed by atoms with Crippen LogP contribution in [0.5, 0.6) is 5.75 Å². The van der Waals surface area contributed by atoms with E-state index in [-0.39, 0.29) is 5.97 Å². The summed E-state index contributed by atoms with van der Waals surface area (Å²) in [6.07, 6.45) is 4.32. The van der Waals surface area contributed by atoms with Crippen molar-refractivity contribution in [3.8, 4) is 5.75 Å². The van der Waals surface area contributed by atoms with Crippen molar-refractivity contribution in [2.45, 2.75) is 39.0 Å². The summed E-state index contributed by atoms with van der Waals surface area (Å²) in [5, 5.41) is 3.33. The van der Waals surface area contributed by atoms with Crippen LogP contribution in [0, 0.1) is 0 Å². The van der Waals surface area contributed by atoms with Crippen molar-refractivity contribution >= 4 is 17.3 Å². The van der Waals surface area contributed by atoms with Gasteiger partial charge in [0.05, 0.1) is 13.2 Å². The molecule has 0 unspecified atom stereocenters. The van der Waals surface area contributed by atoms with Gasteiger partial charge in [-0.3, -0.25) is 4.79 Å².